The Bertz CT molecular complexity index is 386. The van der Waals surface area contributed by atoms with Gasteiger partial charge in [-0.25, -0.2) is 0 Å². The van der Waals surface area contributed by atoms with Gasteiger partial charge in [-0.2, -0.15) is 5.10 Å². The molecule has 1 aliphatic rings. The van der Waals surface area contributed by atoms with Crippen LogP contribution in [0.25, 0.3) is 0 Å². The molecule has 1 unspecified atom stereocenters. The molecule has 1 fully saturated rings. The maximum Gasteiger partial charge on any atom is 0.0739 e. The van der Waals surface area contributed by atoms with Crippen molar-refractivity contribution in [3.63, 3.8) is 0 Å². The molecular weight excluding hydrogens is 294 g/mol. The fourth-order valence-electron chi connectivity index (χ4n) is 2.36. The molecule has 1 aliphatic heterocycles. The topological polar surface area (TPSA) is 39.1 Å². The summed E-state index contributed by atoms with van der Waals surface area (Å²) in [6.45, 7) is 8.89. The van der Waals surface area contributed by atoms with Crippen LogP contribution in [0.15, 0.2) is 4.47 Å². The van der Waals surface area contributed by atoms with Crippen LogP contribution >= 0.6 is 15.9 Å². The van der Waals surface area contributed by atoms with Crippen LogP contribution in [-0.2, 0) is 17.8 Å². The van der Waals surface area contributed by atoms with Crippen LogP contribution in [0, 0.1) is 12.8 Å². The second-order valence-electron chi connectivity index (χ2n) is 4.86. The Morgan fingerprint density at radius 1 is 1.56 bits per heavy atom. The normalized spacial score (nSPS) is 19.6. The molecule has 1 saturated heterocycles. The van der Waals surface area contributed by atoms with E-state index in [1.807, 2.05) is 6.92 Å². The molecule has 1 aromatic heterocycles. The monoisotopic (exact) mass is 315 g/mol. The molecule has 102 valence electrons. The van der Waals surface area contributed by atoms with E-state index in [0.717, 1.165) is 48.9 Å². The van der Waals surface area contributed by atoms with E-state index in [9.17, 15) is 0 Å². The van der Waals surface area contributed by atoms with Gasteiger partial charge in [0.2, 0.25) is 0 Å². The number of ether oxygens (including phenoxy) is 1. The zero-order valence-corrected chi connectivity index (χ0v) is 12.8. The zero-order valence-electron chi connectivity index (χ0n) is 11.2. The zero-order chi connectivity index (χ0) is 13.0. The minimum atomic E-state index is 0.749. The van der Waals surface area contributed by atoms with E-state index in [-0.39, 0.29) is 0 Å². The number of aryl methyl sites for hydroxylation is 2. The van der Waals surface area contributed by atoms with E-state index in [1.165, 1.54) is 18.5 Å². The van der Waals surface area contributed by atoms with Crippen molar-refractivity contribution in [1.29, 1.82) is 0 Å². The van der Waals surface area contributed by atoms with Gasteiger partial charge in [0.1, 0.15) is 0 Å². The third-order valence-corrected chi connectivity index (χ3v) is 4.53. The molecule has 0 aromatic carbocycles. The molecule has 0 radical (unpaired) electrons. The van der Waals surface area contributed by atoms with Gasteiger partial charge in [0.25, 0.3) is 0 Å². The fourth-order valence-corrected chi connectivity index (χ4v) is 2.79. The van der Waals surface area contributed by atoms with Gasteiger partial charge in [0, 0.05) is 26.3 Å². The van der Waals surface area contributed by atoms with Gasteiger partial charge in [-0.1, -0.05) is 0 Å². The summed E-state index contributed by atoms with van der Waals surface area (Å²) in [6, 6.07) is 0. The third-order valence-electron chi connectivity index (χ3n) is 3.50. The first-order valence-corrected chi connectivity index (χ1v) is 7.52. The van der Waals surface area contributed by atoms with E-state index < -0.39 is 0 Å². The lowest BCUT2D eigenvalue weighted by Crippen LogP contribution is -2.20. The molecule has 2 rings (SSSR count). The van der Waals surface area contributed by atoms with Crippen molar-refractivity contribution >= 4 is 15.9 Å². The quantitative estimate of drug-likeness (QED) is 0.820. The molecule has 2 heterocycles. The van der Waals surface area contributed by atoms with Crippen LogP contribution in [0.4, 0.5) is 0 Å². The summed E-state index contributed by atoms with van der Waals surface area (Å²) in [4.78, 5) is 0. The van der Waals surface area contributed by atoms with Gasteiger partial charge in [-0.15, -0.1) is 0 Å². The van der Waals surface area contributed by atoms with Crippen molar-refractivity contribution in [2.45, 2.75) is 39.8 Å². The summed E-state index contributed by atoms with van der Waals surface area (Å²) >= 11 is 3.62. The summed E-state index contributed by atoms with van der Waals surface area (Å²) < 4.78 is 8.58. The van der Waals surface area contributed by atoms with Crippen LogP contribution in [-0.4, -0.2) is 29.5 Å². The van der Waals surface area contributed by atoms with Crippen molar-refractivity contribution in [2.24, 2.45) is 5.92 Å². The Morgan fingerprint density at radius 2 is 2.39 bits per heavy atom. The van der Waals surface area contributed by atoms with Crippen LogP contribution in [0.2, 0.25) is 0 Å². The van der Waals surface area contributed by atoms with Gasteiger partial charge in [0.05, 0.1) is 15.9 Å². The Kier molecular flexibility index (Phi) is 5.21. The Balaban J connectivity index is 1.78. The third kappa shape index (κ3) is 3.33. The molecule has 1 atom stereocenters. The number of nitrogens with one attached hydrogen (secondary N) is 1. The van der Waals surface area contributed by atoms with Crippen molar-refractivity contribution < 1.29 is 4.74 Å². The lowest BCUT2D eigenvalue weighted by Gasteiger charge is -2.10. The summed E-state index contributed by atoms with van der Waals surface area (Å²) in [6.07, 6.45) is 2.42. The Morgan fingerprint density at radius 3 is 3.06 bits per heavy atom. The highest BCUT2D eigenvalue weighted by molar-refractivity contribution is 9.10. The summed E-state index contributed by atoms with van der Waals surface area (Å²) in [7, 11) is 0. The fraction of sp³-hybridized carbons (Fsp3) is 0.769. The first kappa shape index (κ1) is 14.0. The SMILES string of the molecule is CCn1nc(C)c(Br)c1CNCCC1CCOC1. The average Bonchev–Trinajstić information content (AvgIpc) is 2.96. The highest BCUT2D eigenvalue weighted by Gasteiger charge is 2.15. The maximum atomic E-state index is 5.38. The number of hydrogen-bond acceptors (Lipinski definition) is 3. The van der Waals surface area contributed by atoms with Crippen LogP contribution in [0.5, 0.6) is 0 Å². The molecule has 1 N–H and O–H groups in total. The summed E-state index contributed by atoms with van der Waals surface area (Å²) in [5, 5.41) is 8.01. The van der Waals surface area contributed by atoms with Crippen LogP contribution in [0.3, 0.4) is 0 Å². The average molecular weight is 316 g/mol. The Hall–Kier alpha value is -0.390. The van der Waals surface area contributed by atoms with Gasteiger partial charge in [0.15, 0.2) is 0 Å². The van der Waals surface area contributed by atoms with Gasteiger partial charge >= 0.3 is 0 Å². The predicted octanol–water partition coefficient (Wildman–Crippen LogP) is 2.49. The number of halogens is 1. The molecule has 0 amide bonds. The first-order valence-electron chi connectivity index (χ1n) is 6.72. The van der Waals surface area contributed by atoms with E-state index >= 15 is 0 Å². The largest absolute Gasteiger partial charge is 0.381 e. The highest BCUT2D eigenvalue weighted by Crippen LogP contribution is 2.21. The molecule has 18 heavy (non-hydrogen) atoms. The van der Waals surface area contributed by atoms with Gasteiger partial charge in [-0.05, 0) is 55.1 Å². The minimum absolute atomic E-state index is 0.749. The number of rotatable bonds is 6. The van der Waals surface area contributed by atoms with Crippen molar-refractivity contribution in [3.05, 3.63) is 15.9 Å². The first-order chi connectivity index (χ1) is 8.72. The van der Waals surface area contributed by atoms with E-state index in [4.69, 9.17) is 4.74 Å². The standard InChI is InChI=1S/C13H22BrN3O/c1-3-17-12(13(14)10(2)16-17)8-15-6-4-11-5-7-18-9-11/h11,15H,3-9H2,1-2H3. The van der Waals surface area contributed by atoms with Gasteiger partial charge in [-0.3, -0.25) is 4.68 Å². The van der Waals surface area contributed by atoms with E-state index in [1.54, 1.807) is 0 Å². The molecule has 4 nitrogen and oxygen atoms in total. The predicted molar refractivity (Wildman–Crippen MR) is 75.6 cm³/mol. The summed E-state index contributed by atoms with van der Waals surface area (Å²) in [5.74, 6) is 0.749. The number of nitrogens with zero attached hydrogens (tertiary/aromatic N) is 2. The van der Waals surface area contributed by atoms with E-state index in [0.29, 0.717) is 0 Å². The van der Waals surface area contributed by atoms with Crippen molar-refractivity contribution in [2.75, 3.05) is 19.8 Å². The highest BCUT2D eigenvalue weighted by atomic mass is 79.9. The number of hydrogen-bond donors (Lipinski definition) is 1. The minimum Gasteiger partial charge on any atom is -0.381 e. The molecule has 0 aliphatic carbocycles. The summed E-state index contributed by atoms with van der Waals surface area (Å²) in [5.41, 5.74) is 2.32. The van der Waals surface area contributed by atoms with Crippen LogP contribution in [0.1, 0.15) is 31.2 Å². The molecular formula is C13H22BrN3O. The second kappa shape index (κ2) is 6.68. The van der Waals surface area contributed by atoms with E-state index in [2.05, 4.69) is 38.0 Å². The van der Waals surface area contributed by atoms with Crippen molar-refractivity contribution in [3.8, 4) is 0 Å². The molecule has 0 bridgehead atoms. The smallest absolute Gasteiger partial charge is 0.0739 e. The lowest BCUT2D eigenvalue weighted by atomic mass is 10.1. The molecule has 5 heteroatoms. The second-order valence-corrected chi connectivity index (χ2v) is 5.65. The molecule has 0 saturated carbocycles. The van der Waals surface area contributed by atoms with Crippen molar-refractivity contribution in [1.82, 2.24) is 15.1 Å². The van der Waals surface area contributed by atoms with Gasteiger partial charge < -0.3 is 10.1 Å². The molecule has 0 spiro atoms. The number of aromatic nitrogens is 2. The maximum absolute atomic E-state index is 5.38. The van der Waals surface area contributed by atoms with Crippen LogP contribution < -0.4 is 5.32 Å². The lowest BCUT2D eigenvalue weighted by molar-refractivity contribution is 0.184. The Labute approximate surface area is 117 Å². The molecule has 1 aromatic rings.